The summed E-state index contributed by atoms with van der Waals surface area (Å²) in [4.78, 5) is 50.0. The second-order valence-corrected chi connectivity index (χ2v) is 7.02. The molecule has 1 aliphatic heterocycles. The highest BCUT2D eigenvalue weighted by Gasteiger charge is 2.36. The van der Waals surface area contributed by atoms with Crippen molar-refractivity contribution in [1.29, 1.82) is 0 Å². The average molecular weight is 434 g/mol. The summed E-state index contributed by atoms with van der Waals surface area (Å²) in [7, 11) is 1.27. The molecule has 1 aliphatic rings. The van der Waals surface area contributed by atoms with E-state index in [-0.39, 0.29) is 12.2 Å². The third-order valence-electron chi connectivity index (χ3n) is 4.73. The Kier molecular flexibility index (Phi) is 6.84. The highest BCUT2D eigenvalue weighted by Crippen LogP contribution is 2.25. The maximum atomic E-state index is 13.0. The van der Waals surface area contributed by atoms with Gasteiger partial charge < -0.3 is 9.47 Å². The number of aryl methyl sites for hydroxylation is 1. The number of methoxy groups -OCH3 is 1. The molecule has 0 spiro atoms. The van der Waals surface area contributed by atoms with E-state index in [0.717, 1.165) is 10.5 Å². The van der Waals surface area contributed by atoms with Crippen molar-refractivity contribution >= 4 is 35.6 Å². The van der Waals surface area contributed by atoms with Gasteiger partial charge in [-0.05, 0) is 54.8 Å². The van der Waals surface area contributed by atoms with Gasteiger partial charge in [-0.3, -0.25) is 14.9 Å². The smallest absolute Gasteiger partial charge is 0.343 e. The standard InChI is InChI=1S/C24H22N2O6/c1-4-5-17-12-16(8-11-20(17)32-14-21(27)31-3)13-19-22(28)25-24(30)26(23(19)29)18-9-6-15(2)7-10-18/h4,6-13H,1,5,14H2,2-3H3,(H,25,28,30)/b19-13+. The lowest BCUT2D eigenvalue weighted by Crippen LogP contribution is -2.54. The predicted octanol–water partition coefficient (Wildman–Crippen LogP) is 2.94. The summed E-state index contributed by atoms with van der Waals surface area (Å²) in [5.74, 6) is -1.57. The molecule has 8 nitrogen and oxygen atoms in total. The van der Waals surface area contributed by atoms with Crippen LogP contribution in [0.2, 0.25) is 0 Å². The number of urea groups is 1. The number of anilines is 1. The fourth-order valence-electron chi connectivity index (χ4n) is 3.09. The minimum absolute atomic E-state index is 0.182. The van der Waals surface area contributed by atoms with Gasteiger partial charge in [0.05, 0.1) is 12.8 Å². The fraction of sp³-hybridized carbons (Fsp3) is 0.167. The molecule has 1 saturated heterocycles. The van der Waals surface area contributed by atoms with Crippen LogP contribution in [0.5, 0.6) is 5.75 Å². The molecule has 1 N–H and O–H groups in total. The number of rotatable bonds is 7. The lowest BCUT2D eigenvalue weighted by molar-refractivity contribution is -0.143. The van der Waals surface area contributed by atoms with Crippen LogP contribution in [0.4, 0.5) is 10.5 Å². The average Bonchev–Trinajstić information content (AvgIpc) is 2.77. The SMILES string of the molecule is C=CCc1cc(/C=C2\C(=O)NC(=O)N(c3ccc(C)cc3)C2=O)ccc1OCC(=O)OC. The number of benzene rings is 2. The quantitative estimate of drug-likeness (QED) is 0.311. The van der Waals surface area contributed by atoms with Crippen LogP contribution < -0.4 is 15.0 Å². The topological polar surface area (TPSA) is 102 Å². The molecule has 8 heteroatoms. The van der Waals surface area contributed by atoms with Crippen molar-refractivity contribution < 1.29 is 28.7 Å². The zero-order valence-corrected chi connectivity index (χ0v) is 17.7. The van der Waals surface area contributed by atoms with E-state index in [0.29, 0.717) is 29.0 Å². The molecule has 0 aromatic heterocycles. The Morgan fingerprint density at radius 3 is 2.50 bits per heavy atom. The Bertz CT molecular complexity index is 1120. The van der Waals surface area contributed by atoms with Crippen LogP contribution in [0.1, 0.15) is 16.7 Å². The van der Waals surface area contributed by atoms with Crippen molar-refractivity contribution in [2.24, 2.45) is 0 Å². The first-order valence-corrected chi connectivity index (χ1v) is 9.75. The van der Waals surface area contributed by atoms with Gasteiger partial charge in [-0.2, -0.15) is 0 Å². The maximum absolute atomic E-state index is 13.0. The summed E-state index contributed by atoms with van der Waals surface area (Å²) in [6.07, 6.45) is 3.50. The van der Waals surface area contributed by atoms with Crippen molar-refractivity contribution in [3.05, 3.63) is 77.4 Å². The molecule has 3 rings (SSSR count). The monoisotopic (exact) mass is 434 g/mol. The number of hydrogen-bond donors (Lipinski definition) is 1. The van der Waals surface area contributed by atoms with Gasteiger partial charge in [0, 0.05) is 0 Å². The molecule has 0 bridgehead atoms. The van der Waals surface area contributed by atoms with Gasteiger partial charge in [-0.1, -0.05) is 29.8 Å². The van der Waals surface area contributed by atoms with E-state index in [4.69, 9.17) is 4.74 Å². The fourth-order valence-corrected chi connectivity index (χ4v) is 3.09. The number of carbonyl (C=O) groups is 4. The molecule has 4 amide bonds. The molecule has 0 saturated carbocycles. The number of ether oxygens (including phenoxy) is 2. The van der Waals surface area contributed by atoms with Crippen molar-refractivity contribution in [3.63, 3.8) is 0 Å². The molecule has 1 fully saturated rings. The second kappa shape index (κ2) is 9.74. The van der Waals surface area contributed by atoms with Crippen LogP contribution in [0.3, 0.4) is 0 Å². The molecule has 1 heterocycles. The van der Waals surface area contributed by atoms with E-state index in [9.17, 15) is 19.2 Å². The number of imide groups is 2. The third kappa shape index (κ3) is 4.92. The molecular formula is C24H22N2O6. The first kappa shape index (κ1) is 22.5. The Hall–Kier alpha value is -4.20. The van der Waals surface area contributed by atoms with E-state index in [1.54, 1.807) is 48.5 Å². The molecule has 164 valence electrons. The molecule has 2 aromatic carbocycles. The number of nitrogens with one attached hydrogen (secondary N) is 1. The van der Waals surface area contributed by atoms with E-state index in [1.807, 2.05) is 6.92 Å². The van der Waals surface area contributed by atoms with E-state index < -0.39 is 23.8 Å². The minimum Gasteiger partial charge on any atom is -0.482 e. The van der Waals surface area contributed by atoms with Gasteiger partial charge in [0.2, 0.25) is 0 Å². The minimum atomic E-state index is -0.806. The van der Waals surface area contributed by atoms with Crippen molar-refractivity contribution in [1.82, 2.24) is 5.32 Å². The highest BCUT2D eigenvalue weighted by atomic mass is 16.6. The molecule has 0 atom stereocenters. The van der Waals surface area contributed by atoms with Gasteiger partial charge in [-0.15, -0.1) is 6.58 Å². The third-order valence-corrected chi connectivity index (χ3v) is 4.73. The lowest BCUT2D eigenvalue weighted by Gasteiger charge is -2.26. The molecule has 2 aromatic rings. The number of carbonyl (C=O) groups excluding carboxylic acids is 4. The summed E-state index contributed by atoms with van der Waals surface area (Å²) in [6, 6.07) is 11.0. The molecule has 32 heavy (non-hydrogen) atoms. The van der Waals surface area contributed by atoms with Gasteiger partial charge in [0.1, 0.15) is 11.3 Å². The van der Waals surface area contributed by atoms with Crippen molar-refractivity contribution in [2.45, 2.75) is 13.3 Å². The summed E-state index contributed by atoms with van der Waals surface area (Å²) < 4.78 is 10.1. The zero-order valence-electron chi connectivity index (χ0n) is 17.7. The van der Waals surface area contributed by atoms with E-state index in [2.05, 4.69) is 16.6 Å². The maximum Gasteiger partial charge on any atom is 0.343 e. The number of hydrogen-bond acceptors (Lipinski definition) is 6. The normalized spacial score (nSPS) is 14.9. The summed E-state index contributed by atoms with van der Waals surface area (Å²) in [5.41, 5.74) is 2.39. The number of allylic oxidation sites excluding steroid dienone is 1. The van der Waals surface area contributed by atoms with E-state index >= 15 is 0 Å². The number of barbiturate groups is 1. The highest BCUT2D eigenvalue weighted by molar-refractivity contribution is 6.39. The van der Waals surface area contributed by atoms with Gasteiger partial charge in [0.25, 0.3) is 11.8 Å². The van der Waals surface area contributed by atoms with Crippen LogP contribution in [0, 0.1) is 6.92 Å². The molecule has 0 radical (unpaired) electrons. The Labute approximate surface area is 185 Å². The number of esters is 1. The zero-order chi connectivity index (χ0) is 23.3. The second-order valence-electron chi connectivity index (χ2n) is 7.02. The Morgan fingerprint density at radius 1 is 1.12 bits per heavy atom. The van der Waals surface area contributed by atoms with Crippen LogP contribution in [0.15, 0.2) is 60.7 Å². The van der Waals surface area contributed by atoms with Gasteiger partial charge in [0.15, 0.2) is 6.61 Å². The Morgan fingerprint density at radius 2 is 1.84 bits per heavy atom. The van der Waals surface area contributed by atoms with Crippen LogP contribution in [-0.2, 0) is 25.5 Å². The first-order chi connectivity index (χ1) is 15.3. The largest absolute Gasteiger partial charge is 0.482 e. The predicted molar refractivity (Wildman–Crippen MR) is 118 cm³/mol. The van der Waals surface area contributed by atoms with Crippen LogP contribution in [-0.4, -0.2) is 37.5 Å². The van der Waals surface area contributed by atoms with Crippen LogP contribution in [0.25, 0.3) is 6.08 Å². The van der Waals surface area contributed by atoms with Gasteiger partial charge in [-0.25, -0.2) is 14.5 Å². The Balaban J connectivity index is 1.93. The van der Waals surface area contributed by atoms with Crippen molar-refractivity contribution in [2.75, 3.05) is 18.6 Å². The van der Waals surface area contributed by atoms with Crippen molar-refractivity contribution in [3.8, 4) is 5.75 Å². The number of amides is 4. The summed E-state index contributed by atoms with van der Waals surface area (Å²) in [6.45, 7) is 5.34. The van der Waals surface area contributed by atoms with E-state index in [1.165, 1.54) is 13.2 Å². The molecular weight excluding hydrogens is 412 g/mol. The summed E-state index contributed by atoms with van der Waals surface area (Å²) >= 11 is 0. The summed E-state index contributed by atoms with van der Waals surface area (Å²) in [5, 5.41) is 2.20. The molecule has 0 unspecified atom stereocenters. The van der Waals surface area contributed by atoms with Gasteiger partial charge >= 0.3 is 12.0 Å². The molecule has 0 aliphatic carbocycles. The lowest BCUT2D eigenvalue weighted by atomic mass is 10.0. The van der Waals surface area contributed by atoms with Crippen LogP contribution >= 0.6 is 0 Å². The number of nitrogens with zero attached hydrogens (tertiary/aromatic N) is 1. The first-order valence-electron chi connectivity index (χ1n) is 9.75.